The van der Waals surface area contributed by atoms with E-state index in [0.29, 0.717) is 42.2 Å². The van der Waals surface area contributed by atoms with E-state index in [2.05, 4.69) is 15.5 Å². The van der Waals surface area contributed by atoms with Crippen LogP contribution in [0, 0.1) is 0 Å². The van der Waals surface area contributed by atoms with Gasteiger partial charge in [0, 0.05) is 38.9 Å². The standard InChI is InChI=1S/C17H20ClN5O3S/c1-26-10-4-8-23-15(12-5-2-3-6-13(12)18)20-21-17(23)27-11-14(24)22-9-7-19-16(22)25/h2-3,5-6H,4,7-11H2,1H3,(H,19,25). The summed E-state index contributed by atoms with van der Waals surface area (Å²) in [6.45, 7) is 2.10. The summed E-state index contributed by atoms with van der Waals surface area (Å²) in [5, 5.41) is 12.3. The van der Waals surface area contributed by atoms with Gasteiger partial charge < -0.3 is 14.6 Å². The molecule has 1 aliphatic rings. The van der Waals surface area contributed by atoms with Crippen molar-refractivity contribution in [2.24, 2.45) is 0 Å². The number of urea groups is 1. The van der Waals surface area contributed by atoms with E-state index in [0.717, 1.165) is 12.0 Å². The first kappa shape index (κ1) is 19.7. The molecule has 2 aromatic rings. The number of carbonyl (C=O) groups excluding carboxylic acids is 2. The number of imide groups is 1. The molecule has 0 unspecified atom stereocenters. The third kappa shape index (κ3) is 4.60. The average molecular weight is 410 g/mol. The normalized spacial score (nSPS) is 13.9. The number of thioether (sulfide) groups is 1. The minimum Gasteiger partial charge on any atom is -0.385 e. The molecule has 0 aliphatic carbocycles. The Morgan fingerprint density at radius 3 is 2.89 bits per heavy atom. The highest BCUT2D eigenvalue weighted by atomic mass is 35.5. The summed E-state index contributed by atoms with van der Waals surface area (Å²) in [7, 11) is 1.65. The van der Waals surface area contributed by atoms with Crippen molar-refractivity contribution in [2.45, 2.75) is 18.1 Å². The maximum atomic E-state index is 12.3. The van der Waals surface area contributed by atoms with E-state index in [-0.39, 0.29) is 17.7 Å². The molecular weight excluding hydrogens is 390 g/mol. The fraction of sp³-hybridized carbons (Fsp3) is 0.412. The highest BCUT2D eigenvalue weighted by Crippen LogP contribution is 2.29. The number of amides is 3. The molecule has 3 amide bonds. The smallest absolute Gasteiger partial charge is 0.324 e. The molecule has 0 bridgehead atoms. The van der Waals surface area contributed by atoms with Crippen molar-refractivity contribution in [1.82, 2.24) is 25.0 Å². The number of rotatable bonds is 8. The molecule has 0 spiro atoms. The average Bonchev–Trinajstić information content (AvgIpc) is 3.27. The third-order valence-corrected chi connectivity index (χ3v) is 5.33. The molecule has 8 nitrogen and oxygen atoms in total. The molecule has 1 aliphatic heterocycles. The van der Waals surface area contributed by atoms with Crippen LogP contribution < -0.4 is 5.32 Å². The van der Waals surface area contributed by atoms with Gasteiger partial charge in [0.2, 0.25) is 5.91 Å². The van der Waals surface area contributed by atoms with E-state index in [1.165, 1.54) is 16.7 Å². The van der Waals surface area contributed by atoms with Crippen LogP contribution in [0.15, 0.2) is 29.4 Å². The zero-order valence-electron chi connectivity index (χ0n) is 14.9. The summed E-state index contributed by atoms with van der Waals surface area (Å²) in [5.41, 5.74) is 0.779. The van der Waals surface area contributed by atoms with Gasteiger partial charge in [-0.25, -0.2) is 4.79 Å². The number of aromatic nitrogens is 3. The van der Waals surface area contributed by atoms with Gasteiger partial charge in [-0.2, -0.15) is 0 Å². The number of hydrogen-bond donors (Lipinski definition) is 1. The summed E-state index contributed by atoms with van der Waals surface area (Å²) in [4.78, 5) is 25.1. The van der Waals surface area contributed by atoms with Crippen LogP contribution in [0.25, 0.3) is 11.4 Å². The molecule has 0 atom stereocenters. The lowest BCUT2D eigenvalue weighted by Crippen LogP contribution is -2.35. The Labute approximate surface area is 166 Å². The number of hydrogen-bond acceptors (Lipinski definition) is 6. The van der Waals surface area contributed by atoms with Crippen LogP contribution >= 0.6 is 23.4 Å². The van der Waals surface area contributed by atoms with Crippen molar-refractivity contribution < 1.29 is 14.3 Å². The maximum Gasteiger partial charge on any atom is 0.324 e. The SMILES string of the molecule is COCCCn1c(SCC(=O)N2CCNC2=O)nnc1-c1ccccc1Cl. The maximum absolute atomic E-state index is 12.3. The molecule has 1 saturated heterocycles. The Kier molecular flexibility index (Phi) is 6.70. The predicted molar refractivity (Wildman–Crippen MR) is 103 cm³/mol. The molecule has 1 aromatic carbocycles. The quantitative estimate of drug-likeness (QED) is 0.531. The van der Waals surface area contributed by atoms with E-state index in [1.54, 1.807) is 13.2 Å². The Morgan fingerprint density at radius 1 is 1.37 bits per heavy atom. The lowest BCUT2D eigenvalue weighted by molar-refractivity contribution is -0.124. The predicted octanol–water partition coefficient (Wildman–Crippen LogP) is 2.28. The molecule has 3 rings (SSSR count). The molecule has 0 saturated carbocycles. The van der Waals surface area contributed by atoms with Gasteiger partial charge in [-0.05, 0) is 18.6 Å². The Bertz CT molecular complexity index is 829. The van der Waals surface area contributed by atoms with Crippen molar-refractivity contribution in [1.29, 1.82) is 0 Å². The van der Waals surface area contributed by atoms with E-state index in [1.807, 2.05) is 22.8 Å². The van der Waals surface area contributed by atoms with Crippen LogP contribution in [0.2, 0.25) is 5.02 Å². The fourth-order valence-electron chi connectivity index (χ4n) is 2.72. The highest BCUT2D eigenvalue weighted by Gasteiger charge is 2.26. The van der Waals surface area contributed by atoms with Gasteiger partial charge in [0.1, 0.15) is 0 Å². The van der Waals surface area contributed by atoms with Crippen LogP contribution in [-0.2, 0) is 16.1 Å². The second kappa shape index (κ2) is 9.20. The van der Waals surface area contributed by atoms with E-state index in [9.17, 15) is 9.59 Å². The number of methoxy groups -OCH3 is 1. The van der Waals surface area contributed by atoms with Crippen LogP contribution in [0.5, 0.6) is 0 Å². The molecule has 1 aromatic heterocycles. The molecule has 1 fully saturated rings. The number of nitrogens with zero attached hydrogens (tertiary/aromatic N) is 4. The minimum absolute atomic E-state index is 0.109. The first-order valence-corrected chi connectivity index (χ1v) is 9.86. The van der Waals surface area contributed by atoms with Crippen molar-refractivity contribution >= 4 is 35.3 Å². The Hall–Kier alpha value is -2.10. The van der Waals surface area contributed by atoms with E-state index < -0.39 is 0 Å². The van der Waals surface area contributed by atoms with E-state index in [4.69, 9.17) is 16.3 Å². The van der Waals surface area contributed by atoms with Crippen molar-refractivity contribution in [3.8, 4) is 11.4 Å². The number of carbonyl (C=O) groups is 2. The Morgan fingerprint density at radius 2 is 2.19 bits per heavy atom. The van der Waals surface area contributed by atoms with Crippen LogP contribution in [0.3, 0.4) is 0 Å². The second-order valence-electron chi connectivity index (χ2n) is 5.85. The summed E-state index contributed by atoms with van der Waals surface area (Å²) >= 11 is 7.57. The molecule has 2 heterocycles. The number of benzene rings is 1. The van der Waals surface area contributed by atoms with Gasteiger partial charge in [0.15, 0.2) is 11.0 Å². The largest absolute Gasteiger partial charge is 0.385 e. The van der Waals surface area contributed by atoms with Crippen molar-refractivity contribution in [2.75, 3.05) is 32.6 Å². The van der Waals surface area contributed by atoms with Gasteiger partial charge in [-0.1, -0.05) is 35.5 Å². The lowest BCUT2D eigenvalue weighted by Gasteiger charge is -2.13. The van der Waals surface area contributed by atoms with Crippen LogP contribution in [-0.4, -0.2) is 64.2 Å². The summed E-state index contributed by atoms with van der Waals surface area (Å²) in [6, 6.07) is 7.07. The van der Waals surface area contributed by atoms with E-state index >= 15 is 0 Å². The van der Waals surface area contributed by atoms with Gasteiger partial charge >= 0.3 is 6.03 Å². The first-order valence-electron chi connectivity index (χ1n) is 8.50. The van der Waals surface area contributed by atoms with Gasteiger partial charge in [0.25, 0.3) is 0 Å². The van der Waals surface area contributed by atoms with Crippen LogP contribution in [0.1, 0.15) is 6.42 Å². The minimum atomic E-state index is -0.348. The molecule has 10 heteroatoms. The zero-order chi connectivity index (χ0) is 19.2. The third-order valence-electron chi connectivity index (χ3n) is 4.04. The highest BCUT2D eigenvalue weighted by molar-refractivity contribution is 7.99. The second-order valence-corrected chi connectivity index (χ2v) is 7.20. The van der Waals surface area contributed by atoms with Gasteiger partial charge in [0.05, 0.1) is 10.8 Å². The number of halogens is 1. The molecule has 0 radical (unpaired) electrons. The van der Waals surface area contributed by atoms with Gasteiger partial charge in [-0.3, -0.25) is 9.69 Å². The first-order chi connectivity index (χ1) is 13.1. The monoisotopic (exact) mass is 409 g/mol. The molecule has 27 heavy (non-hydrogen) atoms. The lowest BCUT2D eigenvalue weighted by atomic mass is 10.2. The number of nitrogens with one attached hydrogen (secondary N) is 1. The summed E-state index contributed by atoms with van der Waals surface area (Å²) < 4.78 is 7.07. The Balaban J connectivity index is 1.78. The van der Waals surface area contributed by atoms with Crippen LogP contribution in [0.4, 0.5) is 4.79 Å². The zero-order valence-corrected chi connectivity index (χ0v) is 16.4. The summed E-state index contributed by atoms with van der Waals surface area (Å²) in [6.07, 6.45) is 0.766. The summed E-state index contributed by atoms with van der Waals surface area (Å²) in [5.74, 6) is 0.504. The van der Waals surface area contributed by atoms with Crippen molar-refractivity contribution in [3.63, 3.8) is 0 Å². The topological polar surface area (TPSA) is 89.4 Å². The molecule has 1 N–H and O–H groups in total. The molecule has 144 valence electrons. The number of ether oxygens (including phenoxy) is 1. The molecular formula is C17H20ClN5O3S. The van der Waals surface area contributed by atoms with Gasteiger partial charge in [-0.15, -0.1) is 10.2 Å². The fourth-order valence-corrected chi connectivity index (χ4v) is 3.78. The van der Waals surface area contributed by atoms with Crippen molar-refractivity contribution in [3.05, 3.63) is 29.3 Å².